The molecule has 1 fully saturated rings. The Labute approximate surface area is 217 Å². The fraction of sp³-hybridized carbons (Fsp3) is 0.414. The summed E-state index contributed by atoms with van der Waals surface area (Å²) in [5.41, 5.74) is 2.49. The van der Waals surface area contributed by atoms with E-state index in [1.807, 2.05) is 17.0 Å². The van der Waals surface area contributed by atoms with Gasteiger partial charge in [0.1, 0.15) is 5.82 Å². The van der Waals surface area contributed by atoms with E-state index in [-0.39, 0.29) is 31.4 Å². The second-order valence-corrected chi connectivity index (χ2v) is 9.40. The number of nitrogens with zero attached hydrogens (tertiary/aromatic N) is 3. The van der Waals surface area contributed by atoms with E-state index in [1.165, 1.54) is 6.07 Å². The van der Waals surface area contributed by atoms with Crippen LogP contribution in [0.2, 0.25) is 0 Å². The van der Waals surface area contributed by atoms with Crippen molar-refractivity contribution >= 4 is 17.8 Å². The van der Waals surface area contributed by atoms with Crippen molar-refractivity contribution in [3.05, 3.63) is 82.3 Å². The molecular weight excluding hydrogens is 473 g/mol. The first kappa shape index (κ1) is 26.5. The maximum absolute atomic E-state index is 14.6. The first-order chi connectivity index (χ1) is 17.8. The number of benzene rings is 2. The number of piperazine rings is 1. The number of hydrogen-bond acceptors (Lipinski definition) is 5. The van der Waals surface area contributed by atoms with Gasteiger partial charge in [0, 0.05) is 49.8 Å². The monoisotopic (exact) mass is 507 g/mol. The predicted octanol–water partition coefficient (Wildman–Crippen LogP) is 3.96. The third kappa shape index (κ3) is 5.74. The minimum absolute atomic E-state index is 0.00440. The van der Waals surface area contributed by atoms with Crippen molar-refractivity contribution in [2.24, 2.45) is 0 Å². The highest BCUT2D eigenvalue weighted by Gasteiger charge is 2.38. The molecule has 0 bridgehead atoms. The van der Waals surface area contributed by atoms with E-state index in [9.17, 15) is 18.8 Å². The Hall–Kier alpha value is -3.52. The number of likely N-dealkylation sites (N-methyl/N-ethyl adjacent to an activating group) is 1. The number of amides is 2. The largest absolute Gasteiger partial charge is 0.463 e. The van der Waals surface area contributed by atoms with Crippen molar-refractivity contribution in [1.29, 1.82) is 0 Å². The van der Waals surface area contributed by atoms with Gasteiger partial charge < -0.3 is 19.4 Å². The van der Waals surface area contributed by atoms with E-state index in [1.54, 1.807) is 49.1 Å². The Morgan fingerprint density at radius 3 is 2.30 bits per heavy atom. The number of carbonyl (C=O) groups is 3. The highest BCUT2D eigenvalue weighted by molar-refractivity contribution is 5.96. The molecule has 7 nitrogen and oxygen atoms in total. The lowest BCUT2D eigenvalue weighted by molar-refractivity contribution is -0.140. The van der Waals surface area contributed by atoms with Crippen LogP contribution in [0.25, 0.3) is 0 Å². The zero-order chi connectivity index (χ0) is 26.5. The fourth-order valence-corrected chi connectivity index (χ4v) is 5.09. The summed E-state index contributed by atoms with van der Waals surface area (Å²) in [6, 6.07) is 13.4. The van der Waals surface area contributed by atoms with Crippen LogP contribution < -0.4 is 0 Å². The number of esters is 1. The van der Waals surface area contributed by atoms with Gasteiger partial charge in [0.2, 0.25) is 5.91 Å². The Balaban J connectivity index is 1.55. The summed E-state index contributed by atoms with van der Waals surface area (Å²) in [6.45, 7) is 10.1. The molecule has 196 valence electrons. The summed E-state index contributed by atoms with van der Waals surface area (Å²) < 4.78 is 19.9. The van der Waals surface area contributed by atoms with Gasteiger partial charge in [-0.2, -0.15) is 0 Å². The summed E-state index contributed by atoms with van der Waals surface area (Å²) in [5.74, 6) is -1.91. The van der Waals surface area contributed by atoms with E-state index in [4.69, 9.17) is 4.74 Å². The van der Waals surface area contributed by atoms with Crippen molar-refractivity contribution in [3.63, 3.8) is 0 Å². The Morgan fingerprint density at radius 2 is 1.68 bits per heavy atom. The summed E-state index contributed by atoms with van der Waals surface area (Å²) in [5, 5.41) is 0. The Morgan fingerprint density at radius 1 is 1.00 bits per heavy atom. The molecule has 0 N–H and O–H groups in total. The molecular formula is C29H34FN3O4. The molecule has 2 aliphatic rings. The standard InChI is InChI=1S/C29H34FN3O4/c1-4-31-14-16-32(17-15-31)28(35)22-12-10-21(11-13-22)19-33-20(3)27(29(36)37-5-2)24(18-26(33)34)23-8-6-7-9-25(23)30/h6-13,24H,4-5,14-19H2,1-3H3. The van der Waals surface area contributed by atoms with Gasteiger partial charge >= 0.3 is 5.97 Å². The molecule has 0 spiro atoms. The number of halogens is 1. The Kier molecular flexibility index (Phi) is 8.38. The lowest BCUT2D eigenvalue weighted by Crippen LogP contribution is -2.48. The molecule has 4 rings (SSSR count). The molecule has 0 saturated carbocycles. The molecule has 2 aromatic rings. The summed E-state index contributed by atoms with van der Waals surface area (Å²) in [6.07, 6.45) is -0.0350. The van der Waals surface area contributed by atoms with Gasteiger partial charge in [0.15, 0.2) is 0 Å². The van der Waals surface area contributed by atoms with Crippen LogP contribution in [0.4, 0.5) is 4.39 Å². The molecule has 2 heterocycles. The zero-order valence-corrected chi connectivity index (χ0v) is 21.7. The van der Waals surface area contributed by atoms with Gasteiger partial charge in [-0.25, -0.2) is 9.18 Å². The fourth-order valence-electron chi connectivity index (χ4n) is 5.09. The highest BCUT2D eigenvalue weighted by Crippen LogP contribution is 2.38. The maximum Gasteiger partial charge on any atom is 0.336 e. The van der Waals surface area contributed by atoms with E-state index < -0.39 is 17.7 Å². The Bertz CT molecular complexity index is 1190. The van der Waals surface area contributed by atoms with Crippen LogP contribution in [-0.4, -0.2) is 71.8 Å². The summed E-state index contributed by atoms with van der Waals surface area (Å²) >= 11 is 0. The van der Waals surface area contributed by atoms with Crippen molar-refractivity contribution in [2.75, 3.05) is 39.3 Å². The molecule has 8 heteroatoms. The quantitative estimate of drug-likeness (QED) is 0.531. The SMILES string of the molecule is CCOC(=O)C1=C(C)N(Cc2ccc(C(=O)N3CCN(CC)CC3)cc2)C(=O)CC1c1ccccc1F. The van der Waals surface area contributed by atoms with Crippen molar-refractivity contribution in [3.8, 4) is 0 Å². The van der Waals surface area contributed by atoms with Crippen molar-refractivity contribution < 1.29 is 23.5 Å². The van der Waals surface area contributed by atoms with Gasteiger partial charge in [-0.15, -0.1) is 0 Å². The first-order valence-electron chi connectivity index (χ1n) is 12.9. The lowest BCUT2D eigenvalue weighted by atomic mass is 9.83. The third-order valence-corrected chi connectivity index (χ3v) is 7.25. The minimum Gasteiger partial charge on any atom is -0.463 e. The highest BCUT2D eigenvalue weighted by atomic mass is 19.1. The predicted molar refractivity (Wildman–Crippen MR) is 138 cm³/mol. The summed E-state index contributed by atoms with van der Waals surface area (Å²) in [4.78, 5) is 44.8. The van der Waals surface area contributed by atoms with Crippen LogP contribution in [0.1, 0.15) is 54.6 Å². The van der Waals surface area contributed by atoms with Gasteiger partial charge in [-0.1, -0.05) is 37.3 Å². The second-order valence-electron chi connectivity index (χ2n) is 9.40. The van der Waals surface area contributed by atoms with E-state index in [0.29, 0.717) is 35.5 Å². The van der Waals surface area contributed by atoms with Crippen LogP contribution in [0.15, 0.2) is 59.8 Å². The number of carbonyl (C=O) groups excluding carboxylic acids is 3. The second kappa shape index (κ2) is 11.7. The number of ether oxygens (including phenoxy) is 1. The van der Waals surface area contributed by atoms with Crippen molar-refractivity contribution in [2.45, 2.75) is 39.7 Å². The number of hydrogen-bond donors (Lipinski definition) is 0. The van der Waals surface area contributed by atoms with Gasteiger partial charge in [-0.05, 0) is 49.7 Å². The maximum atomic E-state index is 14.6. The molecule has 0 radical (unpaired) electrons. The molecule has 1 unspecified atom stereocenters. The van der Waals surface area contributed by atoms with E-state index >= 15 is 0 Å². The van der Waals surface area contributed by atoms with E-state index in [0.717, 1.165) is 25.2 Å². The molecule has 2 amide bonds. The molecule has 0 aliphatic carbocycles. The van der Waals surface area contributed by atoms with Crippen LogP contribution in [0.3, 0.4) is 0 Å². The number of rotatable bonds is 7. The number of allylic oxidation sites excluding steroid dienone is 1. The molecule has 2 aromatic carbocycles. The normalized spacial score (nSPS) is 18.8. The molecule has 0 aromatic heterocycles. The minimum atomic E-state index is -0.711. The zero-order valence-electron chi connectivity index (χ0n) is 21.7. The molecule has 1 atom stereocenters. The lowest BCUT2D eigenvalue weighted by Gasteiger charge is -2.35. The van der Waals surface area contributed by atoms with Gasteiger partial charge in [-0.3, -0.25) is 9.59 Å². The first-order valence-corrected chi connectivity index (χ1v) is 12.9. The van der Waals surface area contributed by atoms with Crippen LogP contribution in [-0.2, 0) is 20.9 Å². The molecule has 2 aliphatic heterocycles. The molecule has 37 heavy (non-hydrogen) atoms. The topological polar surface area (TPSA) is 70.2 Å². The molecule has 1 saturated heterocycles. The smallest absolute Gasteiger partial charge is 0.336 e. The van der Waals surface area contributed by atoms with Gasteiger partial charge in [0.05, 0.1) is 18.7 Å². The van der Waals surface area contributed by atoms with E-state index in [2.05, 4.69) is 11.8 Å². The summed E-state index contributed by atoms with van der Waals surface area (Å²) in [7, 11) is 0. The third-order valence-electron chi connectivity index (χ3n) is 7.25. The van der Waals surface area contributed by atoms with Gasteiger partial charge in [0.25, 0.3) is 5.91 Å². The van der Waals surface area contributed by atoms with Crippen LogP contribution in [0.5, 0.6) is 0 Å². The average Bonchev–Trinajstić information content (AvgIpc) is 2.91. The average molecular weight is 508 g/mol. The van der Waals surface area contributed by atoms with Crippen molar-refractivity contribution in [1.82, 2.24) is 14.7 Å². The van der Waals surface area contributed by atoms with Crippen LogP contribution in [0, 0.1) is 5.82 Å². The van der Waals surface area contributed by atoms with Crippen LogP contribution >= 0.6 is 0 Å².